The lowest BCUT2D eigenvalue weighted by Gasteiger charge is -2.01. The van der Waals surface area contributed by atoms with Crippen molar-refractivity contribution < 1.29 is 9.53 Å². The summed E-state index contributed by atoms with van der Waals surface area (Å²) in [6, 6.07) is 0. The van der Waals surface area contributed by atoms with E-state index in [0.717, 1.165) is 25.7 Å². The van der Waals surface area contributed by atoms with Crippen LogP contribution in [0.5, 0.6) is 0 Å². The number of ether oxygens (including phenoxy) is 1. The number of rotatable bonds is 12. The third kappa shape index (κ3) is 13.4. The second kappa shape index (κ2) is 13.4. The highest BCUT2D eigenvalue weighted by Crippen LogP contribution is 2.08. The molecule has 0 aliphatic rings. The molecule has 0 N–H and O–H groups in total. The minimum absolute atomic E-state index is 0.252. The molecular weight excluding hydrogens is 188 g/mol. The van der Waals surface area contributed by atoms with Gasteiger partial charge in [0.2, 0.25) is 0 Å². The first-order chi connectivity index (χ1) is 7.41. The first-order valence-electron chi connectivity index (χ1n) is 6.04. The predicted octanol–water partition coefficient (Wildman–Crippen LogP) is 3.51. The Kier molecular flexibility index (Phi) is 12.8. The fourth-order valence-electron chi connectivity index (χ4n) is 1.51. The van der Waals surface area contributed by atoms with Gasteiger partial charge >= 0.3 is 0 Å². The van der Waals surface area contributed by atoms with Crippen LogP contribution in [0.15, 0.2) is 12.7 Å². The van der Waals surface area contributed by atoms with E-state index in [4.69, 9.17) is 4.74 Å². The monoisotopic (exact) mass is 212 g/mol. The number of hydrogen-bond acceptors (Lipinski definition) is 2. The average molecular weight is 212 g/mol. The Morgan fingerprint density at radius 2 is 1.53 bits per heavy atom. The molecule has 0 bridgehead atoms. The lowest BCUT2D eigenvalue weighted by atomic mass is 10.1. The summed E-state index contributed by atoms with van der Waals surface area (Å²) < 4.78 is 5.06. The molecule has 2 heteroatoms. The second-order valence-electron chi connectivity index (χ2n) is 3.79. The minimum Gasteiger partial charge on any atom is -0.374 e. The van der Waals surface area contributed by atoms with Gasteiger partial charge in [-0.3, -0.25) is 0 Å². The molecule has 15 heavy (non-hydrogen) atoms. The summed E-state index contributed by atoms with van der Waals surface area (Å²) in [7, 11) is 0. The summed E-state index contributed by atoms with van der Waals surface area (Å²) >= 11 is 0. The maximum Gasteiger partial charge on any atom is 0.145 e. The molecule has 0 fully saturated rings. The number of aldehydes is 1. The third-order valence-corrected chi connectivity index (χ3v) is 2.38. The van der Waals surface area contributed by atoms with Crippen LogP contribution in [-0.2, 0) is 9.53 Å². The average Bonchev–Trinajstić information content (AvgIpc) is 2.26. The summed E-state index contributed by atoms with van der Waals surface area (Å²) in [6.07, 6.45) is 12.8. The van der Waals surface area contributed by atoms with Crippen molar-refractivity contribution in [1.29, 1.82) is 0 Å². The van der Waals surface area contributed by atoms with Crippen molar-refractivity contribution in [2.24, 2.45) is 0 Å². The van der Waals surface area contributed by atoms with E-state index >= 15 is 0 Å². The van der Waals surface area contributed by atoms with E-state index in [1.807, 2.05) is 6.08 Å². The molecular formula is C13H24O2. The number of unbranched alkanes of at least 4 members (excludes halogenated alkanes) is 7. The highest BCUT2D eigenvalue weighted by atomic mass is 16.5. The summed E-state index contributed by atoms with van der Waals surface area (Å²) in [5, 5.41) is 0. The molecule has 0 radical (unpaired) electrons. The number of hydrogen-bond donors (Lipinski definition) is 0. The zero-order valence-electron chi connectivity index (χ0n) is 9.75. The summed E-state index contributed by atoms with van der Waals surface area (Å²) in [4.78, 5) is 9.93. The maximum atomic E-state index is 9.93. The van der Waals surface area contributed by atoms with Gasteiger partial charge in [0.15, 0.2) is 0 Å². The van der Waals surface area contributed by atoms with E-state index in [1.165, 1.54) is 38.5 Å². The van der Waals surface area contributed by atoms with Crippen molar-refractivity contribution in [2.45, 2.75) is 51.4 Å². The van der Waals surface area contributed by atoms with Crippen LogP contribution in [0.1, 0.15) is 51.4 Å². The molecule has 0 rings (SSSR count). The first-order valence-corrected chi connectivity index (χ1v) is 6.04. The van der Waals surface area contributed by atoms with Crippen molar-refractivity contribution in [3.8, 4) is 0 Å². The smallest absolute Gasteiger partial charge is 0.145 e. The van der Waals surface area contributed by atoms with Crippen LogP contribution >= 0.6 is 0 Å². The van der Waals surface area contributed by atoms with E-state index in [-0.39, 0.29) is 6.61 Å². The van der Waals surface area contributed by atoms with Crippen molar-refractivity contribution >= 4 is 6.29 Å². The van der Waals surface area contributed by atoms with E-state index in [0.29, 0.717) is 0 Å². The van der Waals surface area contributed by atoms with Gasteiger partial charge in [-0.1, -0.05) is 38.2 Å². The Morgan fingerprint density at radius 1 is 0.933 bits per heavy atom. The highest BCUT2D eigenvalue weighted by Gasteiger charge is 1.91. The van der Waals surface area contributed by atoms with Gasteiger partial charge < -0.3 is 9.53 Å². The SMILES string of the molecule is C=CCCCCCCCCCOCC=O. The van der Waals surface area contributed by atoms with Crippen molar-refractivity contribution in [1.82, 2.24) is 0 Å². The second-order valence-corrected chi connectivity index (χ2v) is 3.79. The van der Waals surface area contributed by atoms with Gasteiger partial charge in [-0.05, 0) is 19.3 Å². The zero-order valence-corrected chi connectivity index (χ0v) is 9.75. The lowest BCUT2D eigenvalue weighted by Crippen LogP contribution is -1.97. The number of carbonyl (C=O) groups is 1. The molecule has 0 aliphatic carbocycles. The standard InChI is InChI=1S/C13H24O2/c1-2-3-4-5-6-7-8-9-10-12-15-13-11-14/h2,11H,1,3-10,12-13H2. The van der Waals surface area contributed by atoms with Crippen LogP contribution in [0, 0.1) is 0 Å². The Bertz CT molecular complexity index is 127. The molecule has 0 saturated carbocycles. The summed E-state index contributed by atoms with van der Waals surface area (Å²) in [6.45, 7) is 4.69. The van der Waals surface area contributed by atoms with Crippen LogP contribution < -0.4 is 0 Å². The molecule has 0 unspecified atom stereocenters. The number of carbonyl (C=O) groups excluding carboxylic acids is 1. The molecule has 0 aromatic rings. The van der Waals surface area contributed by atoms with Gasteiger partial charge in [0.05, 0.1) is 0 Å². The molecule has 0 amide bonds. The van der Waals surface area contributed by atoms with Gasteiger partial charge in [-0.15, -0.1) is 6.58 Å². The Balaban J connectivity index is 2.86. The van der Waals surface area contributed by atoms with Crippen LogP contribution in [0.3, 0.4) is 0 Å². The summed E-state index contributed by atoms with van der Waals surface area (Å²) in [5.41, 5.74) is 0. The van der Waals surface area contributed by atoms with Crippen molar-refractivity contribution in [2.75, 3.05) is 13.2 Å². The fourth-order valence-corrected chi connectivity index (χ4v) is 1.51. The Morgan fingerprint density at radius 3 is 2.13 bits per heavy atom. The zero-order chi connectivity index (χ0) is 11.2. The van der Waals surface area contributed by atoms with Gasteiger partial charge in [0.1, 0.15) is 12.9 Å². The highest BCUT2D eigenvalue weighted by molar-refractivity contribution is 5.50. The molecule has 0 aromatic heterocycles. The van der Waals surface area contributed by atoms with Gasteiger partial charge in [0, 0.05) is 6.61 Å². The normalized spacial score (nSPS) is 10.1. The quantitative estimate of drug-likeness (QED) is 0.281. The van der Waals surface area contributed by atoms with Crippen LogP contribution in [0.4, 0.5) is 0 Å². The van der Waals surface area contributed by atoms with Crippen molar-refractivity contribution in [3.63, 3.8) is 0 Å². The summed E-state index contributed by atoms with van der Waals surface area (Å²) in [5.74, 6) is 0. The van der Waals surface area contributed by atoms with E-state index in [9.17, 15) is 4.79 Å². The molecule has 0 aromatic carbocycles. The Hall–Kier alpha value is -0.630. The molecule has 0 spiro atoms. The van der Waals surface area contributed by atoms with Crippen LogP contribution in [0.25, 0.3) is 0 Å². The minimum atomic E-state index is 0.252. The lowest BCUT2D eigenvalue weighted by molar-refractivity contribution is -0.111. The molecule has 0 saturated heterocycles. The molecule has 0 aliphatic heterocycles. The van der Waals surface area contributed by atoms with E-state index < -0.39 is 0 Å². The van der Waals surface area contributed by atoms with Gasteiger partial charge in [-0.2, -0.15) is 0 Å². The molecule has 2 nitrogen and oxygen atoms in total. The van der Waals surface area contributed by atoms with Crippen LogP contribution in [0.2, 0.25) is 0 Å². The fraction of sp³-hybridized carbons (Fsp3) is 0.769. The third-order valence-electron chi connectivity index (χ3n) is 2.38. The predicted molar refractivity (Wildman–Crippen MR) is 64.0 cm³/mol. The maximum absolute atomic E-state index is 9.93. The first kappa shape index (κ1) is 14.4. The van der Waals surface area contributed by atoms with Crippen LogP contribution in [-0.4, -0.2) is 19.5 Å². The van der Waals surface area contributed by atoms with Gasteiger partial charge in [0.25, 0.3) is 0 Å². The Labute approximate surface area is 93.7 Å². The van der Waals surface area contributed by atoms with Gasteiger partial charge in [-0.25, -0.2) is 0 Å². The topological polar surface area (TPSA) is 26.3 Å². The molecule has 0 heterocycles. The molecule has 88 valence electrons. The van der Waals surface area contributed by atoms with E-state index in [1.54, 1.807) is 0 Å². The number of allylic oxidation sites excluding steroid dienone is 1. The van der Waals surface area contributed by atoms with Crippen molar-refractivity contribution in [3.05, 3.63) is 12.7 Å². The molecule has 0 atom stereocenters. The largest absolute Gasteiger partial charge is 0.374 e. The van der Waals surface area contributed by atoms with E-state index in [2.05, 4.69) is 6.58 Å².